The molecule has 0 saturated heterocycles. The average molecular weight is 463 g/mol. The van der Waals surface area contributed by atoms with Gasteiger partial charge >= 0.3 is 0 Å². The molecule has 0 spiro atoms. The van der Waals surface area contributed by atoms with E-state index in [1.165, 1.54) is 21.5 Å². The Kier molecular flexibility index (Phi) is 7.25. The molecule has 0 atom stereocenters. The number of hydrogen-bond donors (Lipinski definition) is 0. The minimum atomic E-state index is -1.90. The van der Waals surface area contributed by atoms with E-state index >= 15 is 0 Å². The Morgan fingerprint density at radius 3 is 1.34 bits per heavy atom. The Bertz CT molecular complexity index is 923. The topological polar surface area (TPSA) is 9.23 Å². The molecule has 0 aromatic heterocycles. The molecular formula is C26H24BrOP. The van der Waals surface area contributed by atoms with E-state index in [1.807, 2.05) is 6.07 Å². The molecule has 0 fully saturated rings. The van der Waals surface area contributed by atoms with Gasteiger partial charge in [0.25, 0.3) is 0 Å². The summed E-state index contributed by atoms with van der Waals surface area (Å²) in [6, 6.07) is 41.3. The van der Waals surface area contributed by atoms with Crippen LogP contribution in [0.3, 0.4) is 0 Å². The Labute approximate surface area is 184 Å². The van der Waals surface area contributed by atoms with Crippen molar-refractivity contribution in [3.05, 3.63) is 121 Å². The minimum Gasteiger partial charge on any atom is -1.00 e. The fourth-order valence-electron chi connectivity index (χ4n) is 3.86. The molecule has 0 radical (unpaired) electrons. The first-order chi connectivity index (χ1) is 13.8. The van der Waals surface area contributed by atoms with Crippen LogP contribution in [-0.4, -0.2) is 7.11 Å². The highest BCUT2D eigenvalue weighted by Crippen LogP contribution is 2.58. The van der Waals surface area contributed by atoms with Gasteiger partial charge in [-0.05, 0) is 42.5 Å². The van der Waals surface area contributed by atoms with Gasteiger partial charge in [0, 0.05) is 5.56 Å². The van der Waals surface area contributed by atoms with Crippen LogP contribution in [0.25, 0.3) is 0 Å². The maximum absolute atomic E-state index is 5.72. The molecule has 0 aliphatic carbocycles. The summed E-state index contributed by atoms with van der Waals surface area (Å²) >= 11 is 0. The Morgan fingerprint density at radius 1 is 0.552 bits per heavy atom. The molecule has 0 N–H and O–H groups in total. The van der Waals surface area contributed by atoms with Crippen LogP contribution >= 0.6 is 7.26 Å². The van der Waals surface area contributed by atoms with E-state index in [9.17, 15) is 0 Å². The quantitative estimate of drug-likeness (QED) is 0.399. The largest absolute Gasteiger partial charge is 1.00 e. The summed E-state index contributed by atoms with van der Waals surface area (Å²) in [6.45, 7) is 0. The molecule has 0 aliphatic heterocycles. The highest BCUT2D eigenvalue weighted by atomic mass is 79.9. The summed E-state index contributed by atoms with van der Waals surface area (Å²) in [7, 11) is -0.139. The van der Waals surface area contributed by atoms with Gasteiger partial charge in [0.2, 0.25) is 0 Å². The van der Waals surface area contributed by atoms with Crippen molar-refractivity contribution in [2.75, 3.05) is 7.11 Å². The molecule has 0 amide bonds. The van der Waals surface area contributed by atoms with E-state index < -0.39 is 7.26 Å². The van der Waals surface area contributed by atoms with Crippen molar-refractivity contribution in [3.63, 3.8) is 0 Å². The number of methoxy groups -OCH3 is 1. The Hall–Kier alpha value is -2.41. The number of para-hydroxylation sites is 1. The van der Waals surface area contributed by atoms with Crippen LogP contribution in [0.15, 0.2) is 115 Å². The number of ether oxygens (including phenoxy) is 1. The predicted molar refractivity (Wildman–Crippen MR) is 122 cm³/mol. The molecule has 4 aromatic rings. The van der Waals surface area contributed by atoms with Crippen LogP contribution in [0.4, 0.5) is 0 Å². The highest BCUT2D eigenvalue weighted by molar-refractivity contribution is 7.95. The zero-order valence-electron chi connectivity index (χ0n) is 16.4. The van der Waals surface area contributed by atoms with Crippen LogP contribution in [0.5, 0.6) is 5.75 Å². The molecule has 29 heavy (non-hydrogen) atoms. The van der Waals surface area contributed by atoms with Crippen molar-refractivity contribution < 1.29 is 21.7 Å². The summed E-state index contributed by atoms with van der Waals surface area (Å²) in [4.78, 5) is 0. The van der Waals surface area contributed by atoms with Gasteiger partial charge in [-0.15, -0.1) is 0 Å². The molecule has 4 aromatic carbocycles. The smallest absolute Gasteiger partial charge is 0.125 e. The summed E-state index contributed by atoms with van der Waals surface area (Å²) in [5, 5.41) is 4.16. The third-order valence-electron chi connectivity index (χ3n) is 5.19. The molecule has 0 heterocycles. The second kappa shape index (κ2) is 9.87. The van der Waals surface area contributed by atoms with Gasteiger partial charge in [-0.3, -0.25) is 0 Å². The van der Waals surface area contributed by atoms with E-state index in [4.69, 9.17) is 4.74 Å². The predicted octanol–water partition coefficient (Wildman–Crippen LogP) is 2.19. The van der Waals surface area contributed by atoms with E-state index in [-0.39, 0.29) is 17.0 Å². The zero-order chi connectivity index (χ0) is 19.2. The van der Waals surface area contributed by atoms with Crippen molar-refractivity contribution in [3.8, 4) is 5.75 Å². The van der Waals surface area contributed by atoms with Crippen LogP contribution in [0.2, 0.25) is 0 Å². The van der Waals surface area contributed by atoms with E-state index in [2.05, 4.69) is 109 Å². The van der Waals surface area contributed by atoms with Crippen LogP contribution in [0, 0.1) is 0 Å². The molecule has 4 rings (SSSR count). The lowest BCUT2D eigenvalue weighted by atomic mass is 10.2. The standard InChI is InChI=1S/C26H24OP.BrH/c1-27-26-20-12-11-13-22(26)21-28(23-14-5-2-6-15-23,24-16-7-3-8-17-24)25-18-9-4-10-19-25;/h2-20H,21H2,1H3;1H/q+1;/p-1. The monoisotopic (exact) mass is 462 g/mol. The first kappa shape index (κ1) is 21.3. The fraction of sp³-hybridized carbons (Fsp3) is 0.0769. The van der Waals surface area contributed by atoms with Crippen molar-refractivity contribution >= 4 is 23.2 Å². The van der Waals surface area contributed by atoms with Gasteiger partial charge in [-0.2, -0.15) is 0 Å². The Balaban J connectivity index is 0.00000240. The van der Waals surface area contributed by atoms with Gasteiger partial charge in [-0.25, -0.2) is 0 Å². The maximum Gasteiger partial charge on any atom is 0.125 e. The molecule has 0 bridgehead atoms. The molecule has 1 nitrogen and oxygen atoms in total. The molecule has 0 aliphatic rings. The van der Waals surface area contributed by atoms with Crippen LogP contribution in [0.1, 0.15) is 5.56 Å². The Morgan fingerprint density at radius 2 is 0.931 bits per heavy atom. The van der Waals surface area contributed by atoms with Crippen molar-refractivity contribution in [1.29, 1.82) is 0 Å². The minimum absolute atomic E-state index is 0. The van der Waals surface area contributed by atoms with E-state index in [1.54, 1.807) is 7.11 Å². The molecule has 0 unspecified atom stereocenters. The average Bonchev–Trinajstić information content (AvgIpc) is 2.79. The SMILES string of the molecule is COc1ccccc1C[P+](c1ccccc1)(c1ccccc1)c1ccccc1.[Br-]. The zero-order valence-corrected chi connectivity index (χ0v) is 18.9. The van der Waals surface area contributed by atoms with Crippen molar-refractivity contribution in [2.24, 2.45) is 0 Å². The third kappa shape index (κ3) is 4.29. The number of halogens is 1. The first-order valence-corrected chi connectivity index (χ1v) is 11.5. The second-order valence-electron chi connectivity index (χ2n) is 6.79. The van der Waals surface area contributed by atoms with Gasteiger partial charge in [0.1, 0.15) is 35.1 Å². The van der Waals surface area contributed by atoms with Gasteiger partial charge < -0.3 is 21.7 Å². The fourth-order valence-corrected chi connectivity index (χ4v) is 8.12. The lowest BCUT2D eigenvalue weighted by molar-refractivity contribution is -0.00000572. The molecule has 0 saturated carbocycles. The molecule has 3 heteroatoms. The van der Waals surface area contributed by atoms with Gasteiger partial charge in [-0.1, -0.05) is 72.8 Å². The van der Waals surface area contributed by atoms with Crippen LogP contribution < -0.4 is 37.6 Å². The second-order valence-corrected chi connectivity index (χ2v) is 10.3. The van der Waals surface area contributed by atoms with Gasteiger partial charge in [0.05, 0.1) is 7.11 Å². The third-order valence-corrected chi connectivity index (χ3v) is 9.55. The van der Waals surface area contributed by atoms with E-state index in [0.29, 0.717) is 0 Å². The lowest BCUT2D eigenvalue weighted by Gasteiger charge is -2.28. The number of benzene rings is 4. The lowest BCUT2D eigenvalue weighted by Crippen LogP contribution is -3.00. The van der Waals surface area contributed by atoms with Crippen molar-refractivity contribution in [2.45, 2.75) is 6.16 Å². The first-order valence-electron chi connectivity index (χ1n) is 9.51. The summed E-state index contributed by atoms with van der Waals surface area (Å²) < 4.78 is 5.72. The van der Waals surface area contributed by atoms with Crippen LogP contribution in [-0.2, 0) is 6.16 Å². The highest BCUT2D eigenvalue weighted by Gasteiger charge is 2.45. The number of hydrogen-bond acceptors (Lipinski definition) is 1. The summed E-state index contributed by atoms with van der Waals surface area (Å²) in [5.41, 5.74) is 1.25. The maximum atomic E-state index is 5.72. The summed E-state index contributed by atoms with van der Waals surface area (Å²) in [6.07, 6.45) is 0.926. The number of rotatable bonds is 6. The van der Waals surface area contributed by atoms with E-state index in [0.717, 1.165) is 11.9 Å². The van der Waals surface area contributed by atoms with Crippen molar-refractivity contribution in [1.82, 2.24) is 0 Å². The molecule has 146 valence electrons. The normalized spacial score (nSPS) is 10.8. The molecular weight excluding hydrogens is 439 g/mol. The summed E-state index contributed by atoms with van der Waals surface area (Å²) in [5.74, 6) is 0.953. The van der Waals surface area contributed by atoms with Gasteiger partial charge in [0.15, 0.2) is 0 Å².